The third kappa shape index (κ3) is 2.85. The Morgan fingerprint density at radius 1 is 0.818 bits per heavy atom. The zero-order valence-corrected chi connectivity index (χ0v) is 14.8. The SMILES string of the molecule is CCCCCOc1cc2c(cc1C)sc1cc(C)c(C)cc12. The normalized spacial score (nSPS) is 11.5. The highest BCUT2D eigenvalue weighted by Crippen LogP contribution is 2.38. The Hall–Kier alpha value is -1.54. The van der Waals surface area contributed by atoms with Gasteiger partial charge in [0.2, 0.25) is 0 Å². The minimum atomic E-state index is 0.820. The summed E-state index contributed by atoms with van der Waals surface area (Å²) < 4.78 is 8.76. The second-order valence-corrected chi connectivity index (χ2v) is 7.29. The van der Waals surface area contributed by atoms with Crippen LogP contribution in [-0.4, -0.2) is 6.61 Å². The molecule has 0 unspecified atom stereocenters. The lowest BCUT2D eigenvalue weighted by Crippen LogP contribution is -1.98. The molecule has 0 aliphatic heterocycles. The van der Waals surface area contributed by atoms with Crippen LogP contribution in [0.3, 0.4) is 0 Å². The molecular weight excluding hydrogens is 288 g/mol. The molecule has 1 heterocycles. The van der Waals surface area contributed by atoms with Crippen molar-refractivity contribution in [3.8, 4) is 5.75 Å². The first-order valence-electron chi connectivity index (χ1n) is 8.17. The molecule has 0 saturated carbocycles. The summed E-state index contributed by atoms with van der Waals surface area (Å²) >= 11 is 1.88. The lowest BCUT2D eigenvalue weighted by molar-refractivity contribution is 0.305. The standard InChI is InChI=1S/C20H24OS/c1-5-6-7-8-21-18-12-17-16-9-13(2)14(3)10-19(16)22-20(17)11-15(18)4/h9-12H,5-8H2,1-4H3. The van der Waals surface area contributed by atoms with Crippen LogP contribution in [0.2, 0.25) is 0 Å². The largest absolute Gasteiger partial charge is 0.493 e. The average Bonchev–Trinajstić information content (AvgIpc) is 2.80. The molecule has 22 heavy (non-hydrogen) atoms. The molecule has 0 atom stereocenters. The maximum atomic E-state index is 6.02. The monoisotopic (exact) mass is 312 g/mol. The summed E-state index contributed by atoms with van der Waals surface area (Å²) in [6.07, 6.45) is 3.60. The molecular formula is C20H24OS. The first-order valence-corrected chi connectivity index (χ1v) is 8.98. The van der Waals surface area contributed by atoms with Crippen molar-refractivity contribution in [3.05, 3.63) is 41.0 Å². The van der Waals surface area contributed by atoms with Gasteiger partial charge in [-0.3, -0.25) is 0 Å². The Bertz CT molecular complexity index is 814. The van der Waals surface area contributed by atoms with Crippen LogP contribution in [0.4, 0.5) is 0 Å². The summed E-state index contributed by atoms with van der Waals surface area (Å²) in [4.78, 5) is 0. The zero-order chi connectivity index (χ0) is 15.7. The van der Waals surface area contributed by atoms with Crippen molar-refractivity contribution in [1.29, 1.82) is 0 Å². The highest BCUT2D eigenvalue weighted by Gasteiger charge is 2.10. The number of ether oxygens (including phenoxy) is 1. The van der Waals surface area contributed by atoms with Crippen molar-refractivity contribution in [2.24, 2.45) is 0 Å². The van der Waals surface area contributed by atoms with Crippen LogP contribution in [0, 0.1) is 20.8 Å². The Labute approximate surface area is 136 Å². The van der Waals surface area contributed by atoms with Crippen molar-refractivity contribution < 1.29 is 4.74 Å². The van der Waals surface area contributed by atoms with Crippen molar-refractivity contribution >= 4 is 31.5 Å². The molecule has 0 radical (unpaired) electrons. The first kappa shape index (κ1) is 15.4. The van der Waals surface area contributed by atoms with Crippen LogP contribution in [0.1, 0.15) is 42.9 Å². The van der Waals surface area contributed by atoms with E-state index < -0.39 is 0 Å². The van der Waals surface area contributed by atoms with Gasteiger partial charge in [0.15, 0.2) is 0 Å². The van der Waals surface area contributed by atoms with Gasteiger partial charge in [-0.25, -0.2) is 0 Å². The molecule has 0 fully saturated rings. The van der Waals surface area contributed by atoms with E-state index in [-0.39, 0.29) is 0 Å². The van der Waals surface area contributed by atoms with Gasteiger partial charge < -0.3 is 4.74 Å². The summed E-state index contributed by atoms with van der Waals surface area (Å²) in [5.41, 5.74) is 3.97. The molecule has 0 aliphatic rings. The van der Waals surface area contributed by atoms with Crippen LogP contribution >= 0.6 is 11.3 Å². The Balaban J connectivity index is 2.02. The maximum absolute atomic E-state index is 6.02. The smallest absolute Gasteiger partial charge is 0.122 e. The molecule has 0 spiro atoms. The summed E-state index contributed by atoms with van der Waals surface area (Å²) in [7, 11) is 0. The van der Waals surface area contributed by atoms with Gasteiger partial charge in [-0.1, -0.05) is 19.8 Å². The van der Waals surface area contributed by atoms with Crippen LogP contribution in [-0.2, 0) is 0 Å². The number of unbranched alkanes of at least 4 members (excludes halogenated alkanes) is 2. The van der Waals surface area contributed by atoms with Crippen molar-refractivity contribution in [2.75, 3.05) is 6.61 Å². The van der Waals surface area contributed by atoms with Gasteiger partial charge in [0.05, 0.1) is 6.61 Å². The third-order valence-corrected chi connectivity index (χ3v) is 5.50. The highest BCUT2D eigenvalue weighted by atomic mass is 32.1. The van der Waals surface area contributed by atoms with Crippen LogP contribution in [0.5, 0.6) is 5.75 Å². The average molecular weight is 312 g/mol. The second kappa shape index (κ2) is 6.29. The van der Waals surface area contributed by atoms with Gasteiger partial charge in [-0.15, -0.1) is 11.3 Å². The molecule has 1 aromatic heterocycles. The Morgan fingerprint density at radius 2 is 1.45 bits per heavy atom. The van der Waals surface area contributed by atoms with Crippen LogP contribution in [0.25, 0.3) is 20.2 Å². The predicted octanol–water partition coefficient (Wildman–Crippen LogP) is 6.55. The van der Waals surface area contributed by atoms with Gasteiger partial charge in [0.1, 0.15) is 5.75 Å². The molecule has 3 aromatic rings. The number of rotatable bonds is 5. The number of hydrogen-bond acceptors (Lipinski definition) is 2. The van der Waals surface area contributed by atoms with E-state index in [0.29, 0.717) is 0 Å². The zero-order valence-electron chi connectivity index (χ0n) is 14.0. The summed E-state index contributed by atoms with van der Waals surface area (Å²) in [5, 5.41) is 2.70. The summed E-state index contributed by atoms with van der Waals surface area (Å²) in [6.45, 7) is 9.57. The number of aryl methyl sites for hydroxylation is 3. The van der Waals surface area contributed by atoms with E-state index in [1.54, 1.807) is 0 Å². The fourth-order valence-corrected chi connectivity index (χ4v) is 4.12. The van der Waals surface area contributed by atoms with E-state index >= 15 is 0 Å². The third-order valence-electron chi connectivity index (χ3n) is 4.39. The molecule has 3 rings (SSSR count). The van der Waals surface area contributed by atoms with E-state index in [0.717, 1.165) is 18.8 Å². The lowest BCUT2D eigenvalue weighted by atomic mass is 10.0. The van der Waals surface area contributed by atoms with E-state index in [9.17, 15) is 0 Å². The number of benzene rings is 2. The van der Waals surface area contributed by atoms with Gasteiger partial charge >= 0.3 is 0 Å². The van der Waals surface area contributed by atoms with Gasteiger partial charge in [-0.2, -0.15) is 0 Å². The number of hydrogen-bond donors (Lipinski definition) is 0. The molecule has 0 N–H and O–H groups in total. The second-order valence-electron chi connectivity index (χ2n) is 6.20. The minimum Gasteiger partial charge on any atom is -0.493 e. The quantitative estimate of drug-likeness (QED) is 0.485. The van der Waals surface area contributed by atoms with E-state index in [1.165, 1.54) is 49.7 Å². The van der Waals surface area contributed by atoms with E-state index in [2.05, 4.69) is 52.0 Å². The molecule has 0 saturated heterocycles. The first-order chi connectivity index (χ1) is 10.6. The molecule has 1 nitrogen and oxygen atoms in total. The summed E-state index contributed by atoms with van der Waals surface area (Å²) in [6, 6.07) is 9.15. The maximum Gasteiger partial charge on any atom is 0.122 e. The van der Waals surface area contributed by atoms with E-state index in [1.807, 2.05) is 11.3 Å². The Morgan fingerprint density at radius 3 is 2.18 bits per heavy atom. The van der Waals surface area contributed by atoms with Crippen molar-refractivity contribution in [2.45, 2.75) is 47.0 Å². The summed E-state index contributed by atoms with van der Waals surface area (Å²) in [5.74, 6) is 1.04. The van der Waals surface area contributed by atoms with Gasteiger partial charge in [0, 0.05) is 20.2 Å². The highest BCUT2D eigenvalue weighted by molar-refractivity contribution is 7.25. The van der Waals surface area contributed by atoms with E-state index in [4.69, 9.17) is 4.74 Å². The molecule has 0 aliphatic carbocycles. The van der Waals surface area contributed by atoms with Gasteiger partial charge in [0.25, 0.3) is 0 Å². The number of thiophene rings is 1. The lowest BCUT2D eigenvalue weighted by Gasteiger charge is -2.09. The molecule has 0 bridgehead atoms. The van der Waals surface area contributed by atoms with Crippen molar-refractivity contribution in [3.63, 3.8) is 0 Å². The predicted molar refractivity (Wildman–Crippen MR) is 98.6 cm³/mol. The number of fused-ring (bicyclic) bond motifs is 3. The Kier molecular flexibility index (Phi) is 4.39. The molecule has 116 valence electrons. The topological polar surface area (TPSA) is 9.23 Å². The molecule has 0 amide bonds. The van der Waals surface area contributed by atoms with Gasteiger partial charge in [-0.05, 0) is 68.1 Å². The van der Waals surface area contributed by atoms with Crippen LogP contribution in [0.15, 0.2) is 24.3 Å². The minimum absolute atomic E-state index is 0.820. The van der Waals surface area contributed by atoms with Crippen LogP contribution < -0.4 is 4.74 Å². The van der Waals surface area contributed by atoms with Crippen molar-refractivity contribution in [1.82, 2.24) is 0 Å². The fourth-order valence-electron chi connectivity index (χ4n) is 2.85. The molecule has 2 heteroatoms. The fraction of sp³-hybridized carbons (Fsp3) is 0.400. The molecule has 2 aromatic carbocycles.